The average Bonchev–Trinajstić information content (AvgIpc) is 3.54. The fraction of sp³-hybridized carbons (Fsp3) is 0. The molecule has 0 amide bonds. The Balaban J connectivity index is 1.68. The molecule has 0 unspecified atom stereocenters. The fourth-order valence-corrected chi connectivity index (χ4v) is 2.98. The van der Waals surface area contributed by atoms with Crippen LogP contribution >= 0.6 is 0 Å². The van der Waals surface area contributed by atoms with E-state index in [0.717, 1.165) is 44.7 Å². The van der Waals surface area contributed by atoms with Gasteiger partial charge in [0.1, 0.15) is 44.7 Å². The second kappa shape index (κ2) is 8.05. The molecular weight excluding hydrogens is 376 g/mol. The number of hydrogen-bond donors (Lipinski definition) is 0. The van der Waals surface area contributed by atoms with Gasteiger partial charge >= 0.3 is 0 Å². The Kier molecular flexibility index (Phi) is 4.80. The first-order valence-electron chi connectivity index (χ1n) is 9.59. The molecule has 4 nitrogen and oxygen atoms in total. The van der Waals surface area contributed by atoms with Crippen LogP contribution in [0.5, 0.6) is 0 Å². The summed E-state index contributed by atoms with van der Waals surface area (Å²) in [4.78, 5) is 0. The van der Waals surface area contributed by atoms with Crippen LogP contribution in [0.4, 0.5) is 0 Å². The van der Waals surface area contributed by atoms with Crippen molar-refractivity contribution in [3.05, 3.63) is 109 Å². The van der Waals surface area contributed by atoms with Gasteiger partial charge in [-0.05, 0) is 97.1 Å². The molecule has 5 rings (SSSR count). The monoisotopic (exact) mass is 394 g/mol. The minimum atomic E-state index is 0.739. The summed E-state index contributed by atoms with van der Waals surface area (Å²) in [5.74, 6) is 0. The van der Waals surface area contributed by atoms with E-state index < -0.39 is 0 Å². The second-order valence-corrected chi connectivity index (χ2v) is 6.68. The summed E-state index contributed by atoms with van der Waals surface area (Å²) in [6, 6.07) is 34.2. The summed E-state index contributed by atoms with van der Waals surface area (Å²) < 4.78 is 23.2. The molecule has 0 atom stereocenters. The Morgan fingerprint density at radius 2 is 0.400 bits per heavy atom. The van der Waals surface area contributed by atoms with Gasteiger partial charge in [-0.3, -0.25) is 0 Å². The van der Waals surface area contributed by atoms with E-state index in [1.807, 2.05) is 109 Å². The van der Waals surface area contributed by atoms with Crippen LogP contribution < -0.4 is 0 Å². The molecule has 0 aliphatic rings. The summed E-state index contributed by atoms with van der Waals surface area (Å²) in [6.45, 7) is 0. The van der Waals surface area contributed by atoms with Gasteiger partial charge in [0, 0.05) is 0 Å². The molecule has 5 aromatic rings. The van der Waals surface area contributed by atoms with Gasteiger partial charge in [0.05, 0.1) is 0 Å². The molecule has 0 saturated carbocycles. The van der Waals surface area contributed by atoms with E-state index in [2.05, 4.69) is 0 Å². The van der Waals surface area contributed by atoms with E-state index in [1.165, 1.54) is 0 Å². The van der Waals surface area contributed by atoms with E-state index in [9.17, 15) is 0 Å². The van der Waals surface area contributed by atoms with Crippen LogP contribution in [0.3, 0.4) is 0 Å². The average molecular weight is 394 g/mol. The maximum atomic E-state index is 5.80. The number of furan rings is 4. The highest BCUT2D eigenvalue weighted by atomic mass is 16.3. The molecule has 0 radical (unpaired) electrons. The second-order valence-electron chi connectivity index (χ2n) is 6.68. The van der Waals surface area contributed by atoms with Crippen LogP contribution in [-0.2, 0) is 0 Å². The molecule has 0 aliphatic carbocycles. The lowest BCUT2D eigenvalue weighted by Gasteiger charge is -1.80. The van der Waals surface area contributed by atoms with Gasteiger partial charge in [-0.25, -0.2) is 0 Å². The first-order chi connectivity index (χ1) is 14.8. The van der Waals surface area contributed by atoms with Crippen molar-refractivity contribution in [3.8, 4) is 0 Å². The molecule has 0 saturated heterocycles. The van der Waals surface area contributed by atoms with Crippen LogP contribution in [0.1, 0.15) is 0 Å². The minimum absolute atomic E-state index is 0.739. The van der Waals surface area contributed by atoms with E-state index >= 15 is 0 Å². The lowest BCUT2D eigenvalue weighted by atomic mass is 10.4. The molecule has 0 fully saturated rings. The highest BCUT2D eigenvalue weighted by Gasteiger charge is 1.92. The number of fused-ring (bicyclic) bond motifs is 8. The topological polar surface area (TPSA) is 52.6 Å². The smallest absolute Gasteiger partial charge is 0.127 e. The molecule has 5 heterocycles. The van der Waals surface area contributed by atoms with Gasteiger partial charge in [0.2, 0.25) is 0 Å². The van der Waals surface area contributed by atoms with Crippen LogP contribution in [0.15, 0.2) is 127 Å². The highest BCUT2D eigenvalue weighted by molar-refractivity contribution is 5.60. The molecule has 0 spiro atoms. The van der Waals surface area contributed by atoms with Gasteiger partial charge < -0.3 is 17.7 Å². The molecule has 146 valence electrons. The first kappa shape index (κ1) is 17.9. The Labute approximate surface area is 171 Å². The van der Waals surface area contributed by atoms with Crippen molar-refractivity contribution in [1.29, 1.82) is 0 Å². The van der Waals surface area contributed by atoms with Crippen molar-refractivity contribution in [2.75, 3.05) is 0 Å². The van der Waals surface area contributed by atoms with Crippen LogP contribution in [0.25, 0.3) is 44.7 Å². The van der Waals surface area contributed by atoms with Gasteiger partial charge in [-0.2, -0.15) is 0 Å². The van der Waals surface area contributed by atoms with Crippen LogP contribution in [0.2, 0.25) is 0 Å². The maximum Gasteiger partial charge on any atom is 0.127 e. The highest BCUT2D eigenvalue weighted by Crippen LogP contribution is 2.14. The molecule has 30 heavy (non-hydrogen) atoms. The van der Waals surface area contributed by atoms with Gasteiger partial charge in [0.25, 0.3) is 0 Å². The molecule has 0 N–H and O–H groups in total. The van der Waals surface area contributed by atoms with Gasteiger partial charge in [-0.15, -0.1) is 0 Å². The maximum absolute atomic E-state index is 5.80. The van der Waals surface area contributed by atoms with E-state index in [4.69, 9.17) is 17.7 Å². The van der Waals surface area contributed by atoms with E-state index in [-0.39, 0.29) is 0 Å². The Morgan fingerprint density at radius 1 is 0.233 bits per heavy atom. The zero-order chi connectivity index (χ0) is 20.2. The molecular formula is C26H18O4. The van der Waals surface area contributed by atoms with Crippen LogP contribution in [-0.4, -0.2) is 0 Å². The fourth-order valence-electron chi connectivity index (χ4n) is 2.98. The predicted octanol–water partition coefficient (Wildman–Crippen LogP) is 8.04. The quantitative estimate of drug-likeness (QED) is 0.267. The first-order valence-corrected chi connectivity index (χ1v) is 9.59. The zero-order valence-corrected chi connectivity index (χ0v) is 16.0. The summed E-state index contributed by atoms with van der Waals surface area (Å²) >= 11 is 0. The third-order valence-electron chi connectivity index (χ3n) is 4.46. The van der Waals surface area contributed by atoms with E-state index in [1.54, 1.807) is 0 Å². The molecule has 8 bridgehead atoms. The summed E-state index contributed by atoms with van der Waals surface area (Å²) in [5.41, 5.74) is 6.00. The van der Waals surface area contributed by atoms with Crippen molar-refractivity contribution >= 4 is 44.7 Å². The SMILES string of the molecule is c1ccc2ccc(ccc3ccc(ccc4ccc(ccc5ccc(c1)o5)o4)o3)o2. The Bertz CT molecular complexity index is 1390. The van der Waals surface area contributed by atoms with Crippen molar-refractivity contribution in [3.63, 3.8) is 0 Å². The minimum Gasteiger partial charge on any atom is -0.457 e. The Hall–Kier alpha value is -4.18. The molecule has 0 aliphatic heterocycles. The third kappa shape index (κ3) is 4.28. The summed E-state index contributed by atoms with van der Waals surface area (Å²) in [5, 5.41) is 0. The number of hydrogen-bond acceptors (Lipinski definition) is 4. The summed E-state index contributed by atoms with van der Waals surface area (Å²) in [7, 11) is 0. The third-order valence-corrected chi connectivity index (χ3v) is 4.46. The zero-order valence-electron chi connectivity index (χ0n) is 16.0. The lowest BCUT2D eigenvalue weighted by Crippen LogP contribution is -1.52. The molecule has 5 aromatic heterocycles. The van der Waals surface area contributed by atoms with E-state index in [0.29, 0.717) is 0 Å². The predicted molar refractivity (Wildman–Crippen MR) is 118 cm³/mol. The van der Waals surface area contributed by atoms with Gasteiger partial charge in [0.15, 0.2) is 0 Å². The van der Waals surface area contributed by atoms with Crippen molar-refractivity contribution in [2.45, 2.75) is 0 Å². The van der Waals surface area contributed by atoms with Crippen LogP contribution in [0, 0.1) is 0 Å². The van der Waals surface area contributed by atoms with Gasteiger partial charge in [-0.1, -0.05) is 12.1 Å². The van der Waals surface area contributed by atoms with Crippen molar-refractivity contribution in [1.82, 2.24) is 0 Å². The normalized spacial score (nSPS) is 10.7. The lowest BCUT2D eigenvalue weighted by molar-refractivity contribution is 0.658. The van der Waals surface area contributed by atoms with Crippen molar-refractivity contribution in [2.24, 2.45) is 0 Å². The largest absolute Gasteiger partial charge is 0.457 e. The molecule has 0 aromatic carbocycles. The van der Waals surface area contributed by atoms with Crippen molar-refractivity contribution < 1.29 is 17.7 Å². The Morgan fingerprint density at radius 3 is 0.600 bits per heavy atom. The standard InChI is InChI=1S/C26H18O4/c1-2-4-20-6-8-22(28-20)10-12-24-14-16-26(30-24)18-17-25-15-13-23(29-25)11-9-21-7-5-19(3-1)27-21/h1-18H. The number of rotatable bonds is 0. The summed E-state index contributed by atoms with van der Waals surface area (Å²) in [6.07, 6.45) is 0. The molecule has 4 heteroatoms.